The molecule has 1 aromatic carbocycles. The maximum Gasteiger partial charge on any atom is 0.389 e. The second kappa shape index (κ2) is 12.0. The van der Waals surface area contributed by atoms with Crippen molar-refractivity contribution >= 4 is 17.5 Å². The highest BCUT2D eigenvalue weighted by atomic mass is 19.4. The topological polar surface area (TPSA) is 87.2 Å². The van der Waals surface area contributed by atoms with Gasteiger partial charge >= 0.3 is 12.2 Å². The predicted molar refractivity (Wildman–Crippen MR) is 134 cm³/mol. The van der Waals surface area contributed by atoms with E-state index in [1.807, 2.05) is 31.2 Å². The van der Waals surface area contributed by atoms with Crippen LogP contribution in [0.1, 0.15) is 24.8 Å². The number of halogens is 3. The highest BCUT2D eigenvalue weighted by Gasteiger charge is 2.36. The number of morpholine rings is 1. The maximum absolute atomic E-state index is 12.8. The van der Waals surface area contributed by atoms with Gasteiger partial charge in [0, 0.05) is 57.4 Å². The number of rotatable bonds is 8. The first kappa shape index (κ1) is 27.0. The molecule has 0 saturated carbocycles. The number of anilines is 2. The number of benzene rings is 1. The smallest absolute Gasteiger partial charge is 0.389 e. The number of aliphatic hydroxyl groups is 1. The highest BCUT2D eigenvalue weighted by Crippen LogP contribution is 2.33. The summed E-state index contributed by atoms with van der Waals surface area (Å²) in [6, 6.07) is 8.92. The van der Waals surface area contributed by atoms with Crippen LogP contribution in [0.15, 0.2) is 30.3 Å². The minimum atomic E-state index is -4.23. The number of hydrogen-bond acceptors (Lipinski definition) is 6. The van der Waals surface area contributed by atoms with E-state index < -0.39 is 24.5 Å². The SMILES string of the molecule is Cc1ccc(NC(=O)N2CCC(CC(F)(F)F)C2)cc1-c1cc(OCCCO)nc(N2CCOCC2)c1. The number of amides is 2. The Hall–Kier alpha value is -3.05. The lowest BCUT2D eigenvalue weighted by Crippen LogP contribution is -2.36. The summed E-state index contributed by atoms with van der Waals surface area (Å²) in [5, 5.41) is 11.9. The molecule has 11 heteroatoms. The Morgan fingerprint density at radius 2 is 2.00 bits per heavy atom. The van der Waals surface area contributed by atoms with E-state index in [2.05, 4.69) is 15.2 Å². The third-order valence-electron chi connectivity index (χ3n) is 6.57. The van der Waals surface area contributed by atoms with Gasteiger partial charge in [0.2, 0.25) is 5.88 Å². The van der Waals surface area contributed by atoms with Gasteiger partial charge in [0.05, 0.1) is 19.8 Å². The Kier molecular flexibility index (Phi) is 8.75. The van der Waals surface area contributed by atoms with E-state index in [0.29, 0.717) is 63.9 Å². The Labute approximate surface area is 214 Å². The average Bonchev–Trinajstić information content (AvgIpc) is 3.33. The molecular formula is C26H33F3N4O4. The third kappa shape index (κ3) is 7.48. The van der Waals surface area contributed by atoms with Crippen LogP contribution in [0, 0.1) is 12.8 Å². The number of hydrogen-bond donors (Lipinski definition) is 2. The van der Waals surface area contributed by atoms with E-state index in [-0.39, 0.29) is 13.2 Å². The molecule has 1 unspecified atom stereocenters. The summed E-state index contributed by atoms with van der Waals surface area (Å²) in [7, 11) is 0. The molecule has 2 N–H and O–H groups in total. The number of pyridine rings is 1. The average molecular weight is 523 g/mol. The third-order valence-corrected chi connectivity index (χ3v) is 6.57. The molecule has 2 aliphatic heterocycles. The second-order valence-corrected chi connectivity index (χ2v) is 9.46. The summed E-state index contributed by atoms with van der Waals surface area (Å²) in [5.74, 6) is 0.620. The number of nitrogens with zero attached hydrogens (tertiary/aromatic N) is 3. The lowest BCUT2D eigenvalue weighted by atomic mass is 10.0. The van der Waals surface area contributed by atoms with Gasteiger partial charge in [-0.1, -0.05) is 6.07 Å². The van der Waals surface area contributed by atoms with E-state index in [1.54, 1.807) is 6.07 Å². The molecule has 2 fully saturated rings. The maximum atomic E-state index is 12.8. The van der Waals surface area contributed by atoms with Crippen molar-refractivity contribution in [2.75, 3.05) is 62.8 Å². The number of nitrogens with one attached hydrogen (secondary N) is 1. The molecule has 4 rings (SSSR count). The van der Waals surface area contributed by atoms with Crippen molar-refractivity contribution in [3.05, 3.63) is 35.9 Å². The zero-order chi connectivity index (χ0) is 26.4. The van der Waals surface area contributed by atoms with Crippen LogP contribution in [0.3, 0.4) is 0 Å². The van der Waals surface area contributed by atoms with Gasteiger partial charge in [0.15, 0.2) is 0 Å². The first-order valence-corrected chi connectivity index (χ1v) is 12.5. The summed E-state index contributed by atoms with van der Waals surface area (Å²) in [5.41, 5.74) is 3.26. The zero-order valence-corrected chi connectivity index (χ0v) is 20.9. The van der Waals surface area contributed by atoms with Crippen molar-refractivity contribution in [3.8, 4) is 17.0 Å². The molecule has 0 radical (unpaired) electrons. The van der Waals surface area contributed by atoms with Crippen molar-refractivity contribution in [2.24, 2.45) is 5.92 Å². The van der Waals surface area contributed by atoms with Crippen LogP contribution in [0.5, 0.6) is 5.88 Å². The van der Waals surface area contributed by atoms with Crippen LogP contribution in [0.4, 0.5) is 29.5 Å². The number of urea groups is 1. The van der Waals surface area contributed by atoms with Gasteiger partial charge in [-0.15, -0.1) is 0 Å². The Balaban J connectivity index is 1.53. The minimum Gasteiger partial charge on any atom is -0.478 e. The standard InChI is InChI=1S/C26H33F3N4O4/c1-18-3-4-21(30-25(35)33-6-5-19(17-33)16-26(27,28)29)15-22(18)20-13-23(32-7-11-36-12-8-32)31-24(14-20)37-10-2-9-34/h3-4,13-15,19,34H,2,5-12,16-17H2,1H3,(H,30,35). The fourth-order valence-corrected chi connectivity index (χ4v) is 4.64. The van der Waals surface area contributed by atoms with Crippen LogP contribution in [0.2, 0.25) is 0 Å². The van der Waals surface area contributed by atoms with Crippen LogP contribution in [-0.2, 0) is 4.74 Å². The molecular weight excluding hydrogens is 489 g/mol. The largest absolute Gasteiger partial charge is 0.478 e. The lowest BCUT2D eigenvalue weighted by molar-refractivity contribution is -0.143. The monoisotopic (exact) mass is 522 g/mol. The number of carbonyl (C=O) groups excluding carboxylic acids is 1. The lowest BCUT2D eigenvalue weighted by Gasteiger charge is -2.28. The summed E-state index contributed by atoms with van der Waals surface area (Å²) < 4.78 is 49.5. The predicted octanol–water partition coefficient (Wildman–Crippen LogP) is 4.46. The van der Waals surface area contributed by atoms with Crippen molar-refractivity contribution in [1.29, 1.82) is 0 Å². The van der Waals surface area contributed by atoms with Crippen molar-refractivity contribution < 1.29 is 32.5 Å². The second-order valence-electron chi connectivity index (χ2n) is 9.46. The zero-order valence-electron chi connectivity index (χ0n) is 20.9. The van der Waals surface area contributed by atoms with Crippen LogP contribution in [0.25, 0.3) is 11.1 Å². The molecule has 0 spiro atoms. The molecule has 0 aliphatic carbocycles. The minimum absolute atomic E-state index is 0.0187. The van der Waals surface area contributed by atoms with Gasteiger partial charge in [-0.05, 0) is 54.2 Å². The Morgan fingerprint density at radius 1 is 1.22 bits per heavy atom. The first-order chi connectivity index (χ1) is 17.7. The van der Waals surface area contributed by atoms with Crippen LogP contribution < -0.4 is 15.0 Å². The molecule has 37 heavy (non-hydrogen) atoms. The fraction of sp³-hybridized carbons (Fsp3) is 0.538. The van der Waals surface area contributed by atoms with E-state index in [0.717, 1.165) is 22.5 Å². The Morgan fingerprint density at radius 3 is 2.73 bits per heavy atom. The number of aromatic nitrogens is 1. The van der Waals surface area contributed by atoms with Crippen molar-refractivity contribution in [2.45, 2.75) is 32.4 Å². The summed E-state index contributed by atoms with van der Waals surface area (Å²) in [6.45, 7) is 5.31. The number of carbonyl (C=O) groups is 1. The van der Waals surface area contributed by atoms with Crippen molar-refractivity contribution in [3.63, 3.8) is 0 Å². The number of likely N-dealkylation sites (tertiary alicyclic amines) is 1. The first-order valence-electron chi connectivity index (χ1n) is 12.5. The fourth-order valence-electron chi connectivity index (χ4n) is 4.64. The van der Waals surface area contributed by atoms with E-state index in [1.165, 1.54) is 4.90 Å². The van der Waals surface area contributed by atoms with Crippen LogP contribution >= 0.6 is 0 Å². The highest BCUT2D eigenvalue weighted by molar-refractivity contribution is 5.90. The normalized spacial score (nSPS) is 18.2. The number of ether oxygens (including phenoxy) is 2. The Bertz CT molecular complexity index is 1080. The number of aryl methyl sites for hydroxylation is 1. The summed E-state index contributed by atoms with van der Waals surface area (Å²) >= 11 is 0. The van der Waals surface area contributed by atoms with Gasteiger partial charge in [-0.2, -0.15) is 18.2 Å². The molecule has 1 atom stereocenters. The molecule has 8 nitrogen and oxygen atoms in total. The molecule has 2 aliphatic rings. The van der Waals surface area contributed by atoms with Gasteiger partial charge in [-0.3, -0.25) is 0 Å². The molecule has 0 bridgehead atoms. The number of alkyl halides is 3. The van der Waals surface area contributed by atoms with E-state index in [9.17, 15) is 18.0 Å². The summed E-state index contributed by atoms with van der Waals surface area (Å²) in [4.78, 5) is 21.0. The van der Waals surface area contributed by atoms with Crippen LogP contribution in [-0.4, -0.2) is 79.8 Å². The molecule has 2 amide bonds. The quantitative estimate of drug-likeness (QED) is 0.498. The van der Waals surface area contributed by atoms with Gasteiger partial charge in [0.1, 0.15) is 5.82 Å². The molecule has 2 aromatic rings. The van der Waals surface area contributed by atoms with E-state index in [4.69, 9.17) is 14.6 Å². The molecule has 3 heterocycles. The number of aliphatic hydroxyl groups excluding tert-OH is 1. The summed E-state index contributed by atoms with van der Waals surface area (Å²) in [6.07, 6.45) is -4.28. The van der Waals surface area contributed by atoms with Gasteiger partial charge in [-0.25, -0.2) is 4.79 Å². The molecule has 1 aromatic heterocycles. The molecule has 2 saturated heterocycles. The van der Waals surface area contributed by atoms with Crippen molar-refractivity contribution in [1.82, 2.24) is 9.88 Å². The van der Waals surface area contributed by atoms with Gasteiger partial charge < -0.3 is 29.7 Å². The van der Waals surface area contributed by atoms with E-state index >= 15 is 0 Å². The molecule has 202 valence electrons. The van der Waals surface area contributed by atoms with Gasteiger partial charge in [0.25, 0.3) is 0 Å².